The molecule has 120 valence electrons. The van der Waals surface area contributed by atoms with Crippen molar-refractivity contribution < 1.29 is 14.3 Å². The van der Waals surface area contributed by atoms with E-state index in [0.29, 0.717) is 13.1 Å². The van der Waals surface area contributed by atoms with Gasteiger partial charge in [-0.2, -0.15) is 0 Å². The van der Waals surface area contributed by atoms with E-state index in [1.807, 2.05) is 4.90 Å². The molecule has 0 aromatic rings. The summed E-state index contributed by atoms with van der Waals surface area (Å²) in [6.45, 7) is 3.45. The Morgan fingerprint density at radius 1 is 1.14 bits per heavy atom. The van der Waals surface area contributed by atoms with E-state index in [2.05, 4.69) is 5.32 Å². The van der Waals surface area contributed by atoms with E-state index >= 15 is 0 Å². The van der Waals surface area contributed by atoms with Crippen molar-refractivity contribution in [1.29, 1.82) is 0 Å². The van der Waals surface area contributed by atoms with E-state index in [1.54, 1.807) is 19.0 Å². The predicted molar refractivity (Wildman–Crippen MR) is 79.8 cm³/mol. The summed E-state index contributed by atoms with van der Waals surface area (Å²) in [7, 11) is 3.57. The summed E-state index contributed by atoms with van der Waals surface area (Å²) in [6.07, 6.45) is 3.69. The van der Waals surface area contributed by atoms with Gasteiger partial charge in [0.05, 0.1) is 6.10 Å². The standard InChI is InChI=1S/C15H27N3O3/c1-17(2)15(20)12-5-9-18(10-6-12)14(19)11-21-13-3-7-16-8-4-13/h12-13,16H,3-11H2,1-2H3. The Morgan fingerprint density at radius 2 is 1.76 bits per heavy atom. The minimum absolute atomic E-state index is 0.0595. The minimum Gasteiger partial charge on any atom is -0.368 e. The molecule has 2 fully saturated rings. The molecule has 6 heteroatoms. The molecular weight excluding hydrogens is 270 g/mol. The number of likely N-dealkylation sites (tertiary alicyclic amines) is 1. The number of nitrogens with zero attached hydrogens (tertiary/aromatic N) is 2. The molecular formula is C15H27N3O3. The second-order valence-electron chi connectivity index (χ2n) is 6.15. The molecule has 2 rings (SSSR count). The third-order valence-corrected chi connectivity index (χ3v) is 4.37. The first-order valence-electron chi connectivity index (χ1n) is 7.89. The maximum Gasteiger partial charge on any atom is 0.248 e. The number of rotatable bonds is 4. The van der Waals surface area contributed by atoms with Gasteiger partial charge >= 0.3 is 0 Å². The van der Waals surface area contributed by atoms with Crippen molar-refractivity contribution in [1.82, 2.24) is 15.1 Å². The molecule has 0 spiro atoms. The van der Waals surface area contributed by atoms with Crippen molar-refractivity contribution >= 4 is 11.8 Å². The number of nitrogens with one attached hydrogen (secondary N) is 1. The Morgan fingerprint density at radius 3 is 2.33 bits per heavy atom. The smallest absolute Gasteiger partial charge is 0.248 e. The molecule has 0 aromatic heterocycles. The fraction of sp³-hybridized carbons (Fsp3) is 0.867. The fourth-order valence-electron chi connectivity index (χ4n) is 2.98. The zero-order chi connectivity index (χ0) is 15.2. The van der Waals surface area contributed by atoms with Gasteiger partial charge in [0.1, 0.15) is 6.61 Å². The normalized spacial score (nSPS) is 21.3. The molecule has 0 bridgehead atoms. The van der Waals surface area contributed by atoms with Gasteiger partial charge < -0.3 is 19.9 Å². The highest BCUT2D eigenvalue weighted by Gasteiger charge is 2.28. The van der Waals surface area contributed by atoms with Crippen molar-refractivity contribution in [3.63, 3.8) is 0 Å². The average Bonchev–Trinajstić information content (AvgIpc) is 2.53. The van der Waals surface area contributed by atoms with Crippen LogP contribution in [0.1, 0.15) is 25.7 Å². The lowest BCUT2D eigenvalue weighted by molar-refractivity contribution is -0.143. The summed E-state index contributed by atoms with van der Waals surface area (Å²) in [5, 5.41) is 3.28. The van der Waals surface area contributed by atoms with Gasteiger partial charge in [0.2, 0.25) is 11.8 Å². The maximum absolute atomic E-state index is 12.1. The van der Waals surface area contributed by atoms with Gasteiger partial charge in [-0.3, -0.25) is 9.59 Å². The van der Waals surface area contributed by atoms with Crippen LogP contribution in [0.25, 0.3) is 0 Å². The van der Waals surface area contributed by atoms with Crippen LogP contribution in [0.4, 0.5) is 0 Å². The first-order valence-corrected chi connectivity index (χ1v) is 7.89. The van der Waals surface area contributed by atoms with E-state index < -0.39 is 0 Å². The topological polar surface area (TPSA) is 61.9 Å². The lowest BCUT2D eigenvalue weighted by Gasteiger charge is -2.33. The highest BCUT2D eigenvalue weighted by Crippen LogP contribution is 2.19. The van der Waals surface area contributed by atoms with E-state index in [0.717, 1.165) is 38.8 Å². The van der Waals surface area contributed by atoms with Crippen LogP contribution in [0.5, 0.6) is 0 Å². The molecule has 0 saturated carbocycles. The van der Waals surface area contributed by atoms with Crippen molar-refractivity contribution in [2.45, 2.75) is 31.8 Å². The zero-order valence-electron chi connectivity index (χ0n) is 13.1. The number of piperidine rings is 2. The third kappa shape index (κ3) is 4.68. The number of hydrogen-bond acceptors (Lipinski definition) is 4. The molecule has 2 aliphatic rings. The second-order valence-corrected chi connectivity index (χ2v) is 6.15. The molecule has 2 heterocycles. The van der Waals surface area contributed by atoms with Crippen LogP contribution in [0.3, 0.4) is 0 Å². The maximum atomic E-state index is 12.1. The van der Waals surface area contributed by atoms with Crippen LogP contribution >= 0.6 is 0 Å². The van der Waals surface area contributed by atoms with Gasteiger partial charge in [0.15, 0.2) is 0 Å². The van der Waals surface area contributed by atoms with Crippen LogP contribution in [0, 0.1) is 5.92 Å². The molecule has 1 N–H and O–H groups in total. The number of hydrogen-bond donors (Lipinski definition) is 1. The van der Waals surface area contributed by atoms with Gasteiger partial charge in [-0.1, -0.05) is 0 Å². The second kappa shape index (κ2) is 7.75. The summed E-state index contributed by atoms with van der Waals surface area (Å²) in [5.74, 6) is 0.298. The molecule has 2 aliphatic heterocycles. The Balaban J connectivity index is 1.69. The van der Waals surface area contributed by atoms with Gasteiger partial charge in [-0.25, -0.2) is 0 Å². The van der Waals surface area contributed by atoms with E-state index in [4.69, 9.17) is 4.74 Å². The number of ether oxygens (including phenoxy) is 1. The first-order chi connectivity index (χ1) is 10.1. The van der Waals surface area contributed by atoms with Crippen LogP contribution in [-0.2, 0) is 14.3 Å². The molecule has 0 radical (unpaired) electrons. The van der Waals surface area contributed by atoms with E-state index in [-0.39, 0.29) is 30.4 Å². The van der Waals surface area contributed by atoms with Crippen LogP contribution < -0.4 is 5.32 Å². The largest absolute Gasteiger partial charge is 0.368 e. The Labute approximate surface area is 126 Å². The molecule has 0 aliphatic carbocycles. The fourth-order valence-corrected chi connectivity index (χ4v) is 2.98. The van der Waals surface area contributed by atoms with Gasteiger partial charge in [-0.15, -0.1) is 0 Å². The third-order valence-electron chi connectivity index (χ3n) is 4.37. The number of amides is 2. The lowest BCUT2D eigenvalue weighted by atomic mass is 9.95. The molecule has 2 saturated heterocycles. The first kappa shape index (κ1) is 16.2. The predicted octanol–water partition coefficient (Wildman–Crippen LogP) is 0.0818. The van der Waals surface area contributed by atoms with Gasteiger partial charge in [0.25, 0.3) is 0 Å². The lowest BCUT2D eigenvalue weighted by Crippen LogP contribution is -2.44. The molecule has 0 aromatic carbocycles. The Bertz CT molecular complexity index is 359. The Hall–Kier alpha value is -1.14. The molecule has 21 heavy (non-hydrogen) atoms. The van der Waals surface area contributed by atoms with Crippen LogP contribution in [0.2, 0.25) is 0 Å². The molecule has 6 nitrogen and oxygen atoms in total. The average molecular weight is 297 g/mol. The quantitative estimate of drug-likeness (QED) is 0.798. The van der Waals surface area contributed by atoms with Crippen LogP contribution in [0.15, 0.2) is 0 Å². The molecule has 0 atom stereocenters. The minimum atomic E-state index is 0.0595. The summed E-state index contributed by atoms with van der Waals surface area (Å²) in [6, 6.07) is 0. The SMILES string of the molecule is CN(C)C(=O)C1CCN(C(=O)COC2CCNCC2)CC1. The summed E-state index contributed by atoms with van der Waals surface area (Å²) < 4.78 is 5.70. The monoisotopic (exact) mass is 297 g/mol. The van der Waals surface area contributed by atoms with Gasteiger partial charge in [-0.05, 0) is 38.8 Å². The highest BCUT2D eigenvalue weighted by atomic mass is 16.5. The molecule has 0 unspecified atom stereocenters. The van der Waals surface area contributed by atoms with Crippen molar-refractivity contribution in [3.8, 4) is 0 Å². The molecule has 2 amide bonds. The van der Waals surface area contributed by atoms with E-state index in [9.17, 15) is 9.59 Å². The van der Waals surface area contributed by atoms with Crippen LogP contribution in [-0.4, -0.2) is 74.6 Å². The van der Waals surface area contributed by atoms with Gasteiger partial charge in [0, 0.05) is 33.1 Å². The van der Waals surface area contributed by atoms with Crippen molar-refractivity contribution in [2.24, 2.45) is 5.92 Å². The van der Waals surface area contributed by atoms with Crippen molar-refractivity contribution in [3.05, 3.63) is 0 Å². The van der Waals surface area contributed by atoms with Crippen molar-refractivity contribution in [2.75, 3.05) is 46.9 Å². The summed E-state index contributed by atoms with van der Waals surface area (Å²) >= 11 is 0. The zero-order valence-corrected chi connectivity index (χ0v) is 13.1. The van der Waals surface area contributed by atoms with E-state index in [1.165, 1.54) is 0 Å². The summed E-state index contributed by atoms with van der Waals surface area (Å²) in [4.78, 5) is 27.5. The number of carbonyl (C=O) groups is 2. The Kier molecular flexibility index (Phi) is 5.99. The number of carbonyl (C=O) groups excluding carboxylic acids is 2. The summed E-state index contributed by atoms with van der Waals surface area (Å²) in [5.41, 5.74) is 0. The highest BCUT2D eigenvalue weighted by molar-refractivity contribution is 5.80.